The average molecular weight is 418 g/mol. The number of amidine groups is 1. The highest BCUT2D eigenvalue weighted by Gasteiger charge is 2.38. The lowest BCUT2D eigenvalue weighted by Crippen LogP contribution is -2.47. The highest BCUT2D eigenvalue weighted by atomic mass is 16.5. The number of rotatable bonds is 7. The van der Waals surface area contributed by atoms with Gasteiger partial charge in [-0.05, 0) is 36.1 Å². The van der Waals surface area contributed by atoms with Gasteiger partial charge in [-0.1, -0.05) is 67.9 Å². The summed E-state index contributed by atoms with van der Waals surface area (Å²) in [5.41, 5.74) is 3.93. The van der Waals surface area contributed by atoms with Crippen LogP contribution in [-0.4, -0.2) is 54.4 Å². The molecule has 1 atom stereocenters. The van der Waals surface area contributed by atoms with Crippen LogP contribution in [0.1, 0.15) is 42.5 Å². The predicted molar refractivity (Wildman–Crippen MR) is 125 cm³/mol. The monoisotopic (exact) mass is 417 g/mol. The van der Waals surface area contributed by atoms with E-state index in [1.54, 1.807) is 0 Å². The van der Waals surface area contributed by atoms with E-state index in [9.17, 15) is 4.79 Å². The number of amides is 1. The largest absolute Gasteiger partial charge is 0.379 e. The maximum absolute atomic E-state index is 13.4. The molecule has 0 saturated carbocycles. The third kappa shape index (κ3) is 4.78. The minimum Gasteiger partial charge on any atom is -0.379 e. The second kappa shape index (κ2) is 10.0. The Morgan fingerprint density at radius 1 is 1.06 bits per heavy atom. The van der Waals surface area contributed by atoms with Crippen molar-refractivity contribution in [3.05, 3.63) is 77.0 Å². The van der Waals surface area contributed by atoms with E-state index in [4.69, 9.17) is 9.73 Å². The van der Waals surface area contributed by atoms with E-state index in [2.05, 4.69) is 43.0 Å². The van der Waals surface area contributed by atoms with Gasteiger partial charge in [-0.15, -0.1) is 0 Å². The number of benzene rings is 2. The van der Waals surface area contributed by atoms with E-state index in [1.165, 1.54) is 11.1 Å². The Balaban J connectivity index is 1.79. The Bertz CT molecular complexity index is 962. The molecule has 1 saturated heterocycles. The van der Waals surface area contributed by atoms with E-state index >= 15 is 0 Å². The number of aliphatic imine (C=N–C) groups is 1. The number of hydrogen-bond acceptors (Lipinski definition) is 4. The zero-order chi connectivity index (χ0) is 21.6. The van der Waals surface area contributed by atoms with Gasteiger partial charge in [0, 0.05) is 19.6 Å². The number of carbonyl (C=O) groups excluding carboxylic acids is 1. The lowest BCUT2D eigenvalue weighted by Gasteiger charge is -2.37. The van der Waals surface area contributed by atoms with Gasteiger partial charge in [0.1, 0.15) is 11.5 Å². The van der Waals surface area contributed by atoms with Crippen LogP contribution >= 0.6 is 0 Å². The smallest absolute Gasteiger partial charge is 0.277 e. The fourth-order valence-corrected chi connectivity index (χ4v) is 4.24. The van der Waals surface area contributed by atoms with Gasteiger partial charge in [0.15, 0.2) is 0 Å². The van der Waals surface area contributed by atoms with Gasteiger partial charge in [-0.3, -0.25) is 14.6 Å². The standard InChI is InChI=1S/C26H31N3O2/c1-3-4-14-29-25(27-23(26(29)30)19-21-11-6-5-7-12-21)24(28-15-17-31-18-16-28)22-13-9-8-10-20(22)2/h5-13,19,24H,3-4,14-18H2,1-2H3/b23-19-. The van der Waals surface area contributed by atoms with Crippen LogP contribution in [0.3, 0.4) is 0 Å². The Morgan fingerprint density at radius 2 is 1.77 bits per heavy atom. The minimum absolute atomic E-state index is 0.000790. The third-order valence-corrected chi connectivity index (χ3v) is 5.95. The molecule has 0 aromatic heterocycles. The lowest BCUT2D eigenvalue weighted by molar-refractivity contribution is -0.122. The number of aryl methyl sites for hydroxylation is 1. The highest BCUT2D eigenvalue weighted by Crippen LogP contribution is 2.32. The van der Waals surface area contributed by atoms with Crippen LogP contribution in [-0.2, 0) is 9.53 Å². The highest BCUT2D eigenvalue weighted by molar-refractivity contribution is 6.16. The topological polar surface area (TPSA) is 45.1 Å². The van der Waals surface area contributed by atoms with E-state index in [-0.39, 0.29) is 11.9 Å². The molecular weight excluding hydrogens is 386 g/mol. The molecule has 2 heterocycles. The zero-order valence-corrected chi connectivity index (χ0v) is 18.5. The predicted octanol–water partition coefficient (Wildman–Crippen LogP) is 4.45. The van der Waals surface area contributed by atoms with Crippen LogP contribution in [0, 0.1) is 6.92 Å². The summed E-state index contributed by atoms with van der Waals surface area (Å²) in [5, 5.41) is 0. The fourth-order valence-electron chi connectivity index (χ4n) is 4.24. The number of unbranched alkanes of at least 4 members (excludes halogenated alkanes) is 1. The van der Waals surface area contributed by atoms with Gasteiger partial charge in [0.05, 0.1) is 19.3 Å². The molecule has 162 valence electrons. The Morgan fingerprint density at radius 3 is 2.48 bits per heavy atom. The van der Waals surface area contributed by atoms with Gasteiger partial charge < -0.3 is 4.74 Å². The molecule has 1 unspecified atom stereocenters. The molecule has 1 fully saturated rings. The maximum atomic E-state index is 13.4. The summed E-state index contributed by atoms with van der Waals surface area (Å²) < 4.78 is 5.62. The molecule has 4 rings (SSSR count). The first-order chi connectivity index (χ1) is 15.2. The van der Waals surface area contributed by atoms with Gasteiger partial charge in [0.25, 0.3) is 5.91 Å². The van der Waals surface area contributed by atoms with Crippen molar-refractivity contribution in [1.29, 1.82) is 0 Å². The van der Waals surface area contributed by atoms with Crippen molar-refractivity contribution in [3.63, 3.8) is 0 Å². The molecule has 5 nitrogen and oxygen atoms in total. The van der Waals surface area contributed by atoms with Crippen LogP contribution in [0.5, 0.6) is 0 Å². The molecule has 0 N–H and O–H groups in total. The number of carbonyl (C=O) groups is 1. The summed E-state index contributed by atoms with van der Waals surface area (Å²) in [6, 6.07) is 18.3. The summed E-state index contributed by atoms with van der Waals surface area (Å²) in [6.45, 7) is 8.02. The second-order valence-electron chi connectivity index (χ2n) is 8.13. The molecule has 2 aromatic rings. The maximum Gasteiger partial charge on any atom is 0.277 e. The molecule has 1 amide bonds. The number of hydrogen-bond donors (Lipinski definition) is 0. The summed E-state index contributed by atoms with van der Waals surface area (Å²) >= 11 is 0. The van der Waals surface area contributed by atoms with Crippen molar-refractivity contribution >= 4 is 17.8 Å². The van der Waals surface area contributed by atoms with Crippen LogP contribution in [0.2, 0.25) is 0 Å². The summed E-state index contributed by atoms with van der Waals surface area (Å²) in [6.07, 6.45) is 3.89. The Kier molecular flexibility index (Phi) is 6.95. The Labute approximate surface area is 185 Å². The van der Waals surface area contributed by atoms with Gasteiger partial charge in [0.2, 0.25) is 0 Å². The molecule has 0 bridgehead atoms. The minimum atomic E-state index is -0.0624. The Hall–Kier alpha value is -2.76. The van der Waals surface area contributed by atoms with Crippen LogP contribution < -0.4 is 0 Å². The normalized spacial score (nSPS) is 19.7. The quantitative estimate of drug-likeness (QED) is 0.625. The molecule has 2 aliphatic heterocycles. The van der Waals surface area contributed by atoms with Gasteiger partial charge in [-0.2, -0.15) is 0 Å². The summed E-state index contributed by atoms with van der Waals surface area (Å²) in [7, 11) is 0. The first kappa shape index (κ1) is 21.5. The first-order valence-electron chi connectivity index (χ1n) is 11.2. The SMILES string of the molecule is CCCCN1C(=O)/C(=C/c2ccccc2)N=C1C(c1ccccc1C)N1CCOCC1. The van der Waals surface area contributed by atoms with Crippen molar-refractivity contribution in [3.8, 4) is 0 Å². The molecule has 31 heavy (non-hydrogen) atoms. The van der Waals surface area contributed by atoms with Crippen molar-refractivity contribution in [2.45, 2.75) is 32.7 Å². The summed E-state index contributed by atoms with van der Waals surface area (Å²) in [5.74, 6) is 0.843. The van der Waals surface area contributed by atoms with E-state index in [0.717, 1.165) is 37.3 Å². The number of ether oxygens (including phenoxy) is 1. The molecular formula is C26H31N3O2. The van der Waals surface area contributed by atoms with Crippen molar-refractivity contribution in [2.24, 2.45) is 4.99 Å². The van der Waals surface area contributed by atoms with Crippen molar-refractivity contribution in [2.75, 3.05) is 32.8 Å². The van der Waals surface area contributed by atoms with Crippen molar-refractivity contribution in [1.82, 2.24) is 9.80 Å². The zero-order valence-electron chi connectivity index (χ0n) is 18.5. The van der Waals surface area contributed by atoms with Gasteiger partial charge >= 0.3 is 0 Å². The first-order valence-corrected chi connectivity index (χ1v) is 11.2. The summed E-state index contributed by atoms with van der Waals surface area (Å²) in [4.78, 5) is 22.7. The van der Waals surface area contributed by atoms with Crippen molar-refractivity contribution < 1.29 is 9.53 Å². The average Bonchev–Trinajstić information content (AvgIpc) is 3.10. The van der Waals surface area contributed by atoms with Crippen LogP contribution in [0.4, 0.5) is 0 Å². The second-order valence-corrected chi connectivity index (χ2v) is 8.13. The molecule has 2 aliphatic rings. The fraction of sp³-hybridized carbons (Fsp3) is 0.385. The van der Waals surface area contributed by atoms with E-state index in [1.807, 2.05) is 41.3 Å². The molecule has 0 radical (unpaired) electrons. The molecule has 2 aromatic carbocycles. The number of nitrogens with zero attached hydrogens (tertiary/aromatic N) is 3. The van der Waals surface area contributed by atoms with Crippen LogP contribution in [0.25, 0.3) is 6.08 Å². The lowest BCUT2D eigenvalue weighted by atomic mass is 9.98. The molecule has 0 aliphatic carbocycles. The third-order valence-electron chi connectivity index (χ3n) is 5.95. The van der Waals surface area contributed by atoms with Gasteiger partial charge in [-0.25, -0.2) is 4.99 Å². The van der Waals surface area contributed by atoms with E-state index < -0.39 is 0 Å². The van der Waals surface area contributed by atoms with E-state index in [0.29, 0.717) is 25.5 Å². The molecule has 5 heteroatoms. The van der Waals surface area contributed by atoms with Crippen LogP contribution in [0.15, 0.2) is 65.3 Å². The molecule has 0 spiro atoms. The number of morpholine rings is 1.